The van der Waals surface area contributed by atoms with Crippen molar-refractivity contribution in [2.24, 2.45) is 5.73 Å². The number of rotatable bonds is 5. The standard InChI is InChI=1S/C17H27FN4O3S/c1-20(2)15-11-25-12-16(15)21-5-7-22(8-6-21)26(23,24)17-9-14(18)4-3-13(17)10-19/h3-4,9,15-16H,5-8,10-12,19H2,1-2H3/t15-,16-/m1/s1. The van der Waals surface area contributed by atoms with E-state index >= 15 is 0 Å². The van der Waals surface area contributed by atoms with E-state index in [9.17, 15) is 12.8 Å². The van der Waals surface area contributed by atoms with Crippen LogP contribution in [-0.4, -0.2) is 88.1 Å². The number of sulfonamides is 1. The summed E-state index contributed by atoms with van der Waals surface area (Å²) in [6.45, 7) is 3.42. The lowest BCUT2D eigenvalue weighted by molar-refractivity contribution is 0.0964. The Kier molecular flexibility index (Phi) is 5.95. The predicted octanol–water partition coefficient (Wildman–Crippen LogP) is -0.0803. The number of piperazine rings is 1. The smallest absolute Gasteiger partial charge is 0.243 e. The van der Waals surface area contributed by atoms with E-state index in [-0.39, 0.29) is 17.5 Å². The summed E-state index contributed by atoms with van der Waals surface area (Å²) >= 11 is 0. The van der Waals surface area contributed by atoms with E-state index in [1.54, 1.807) is 0 Å². The molecule has 9 heteroatoms. The second-order valence-corrected chi connectivity index (χ2v) is 8.94. The Balaban J connectivity index is 1.72. The van der Waals surface area contributed by atoms with Crippen LogP contribution in [0.2, 0.25) is 0 Å². The number of hydrogen-bond donors (Lipinski definition) is 1. The van der Waals surface area contributed by atoms with Gasteiger partial charge in [-0.15, -0.1) is 0 Å². The largest absolute Gasteiger partial charge is 0.378 e. The molecule has 0 unspecified atom stereocenters. The van der Waals surface area contributed by atoms with Crippen molar-refractivity contribution in [1.29, 1.82) is 0 Å². The number of nitrogens with zero attached hydrogens (tertiary/aromatic N) is 3. The van der Waals surface area contributed by atoms with Crippen molar-refractivity contribution < 1.29 is 17.5 Å². The van der Waals surface area contributed by atoms with Crippen LogP contribution in [0.25, 0.3) is 0 Å². The van der Waals surface area contributed by atoms with Gasteiger partial charge >= 0.3 is 0 Å². The molecule has 0 bridgehead atoms. The van der Waals surface area contributed by atoms with Gasteiger partial charge in [-0.2, -0.15) is 4.31 Å². The van der Waals surface area contributed by atoms with Gasteiger partial charge < -0.3 is 15.4 Å². The number of hydrogen-bond acceptors (Lipinski definition) is 6. The molecule has 2 heterocycles. The molecule has 0 amide bonds. The molecule has 2 N–H and O–H groups in total. The molecule has 0 aromatic heterocycles. The van der Waals surface area contributed by atoms with Gasteiger partial charge in [-0.1, -0.05) is 6.07 Å². The summed E-state index contributed by atoms with van der Waals surface area (Å²) in [6, 6.07) is 4.32. The molecule has 1 aromatic carbocycles. The first-order chi connectivity index (χ1) is 12.3. The Morgan fingerprint density at radius 2 is 1.92 bits per heavy atom. The number of halogens is 1. The zero-order valence-corrected chi connectivity index (χ0v) is 16.1. The molecule has 2 aliphatic heterocycles. The fourth-order valence-corrected chi connectivity index (χ4v) is 5.39. The van der Waals surface area contributed by atoms with Gasteiger partial charge in [-0.05, 0) is 31.8 Å². The molecular weight excluding hydrogens is 359 g/mol. The summed E-state index contributed by atoms with van der Waals surface area (Å²) in [4.78, 5) is 4.42. The second-order valence-electron chi connectivity index (χ2n) is 7.03. The van der Waals surface area contributed by atoms with Crippen LogP contribution in [-0.2, 0) is 21.3 Å². The van der Waals surface area contributed by atoms with E-state index < -0.39 is 15.8 Å². The third-order valence-corrected chi connectivity index (χ3v) is 7.27. The first kappa shape index (κ1) is 19.7. The highest BCUT2D eigenvalue weighted by molar-refractivity contribution is 7.89. The van der Waals surface area contributed by atoms with Crippen molar-refractivity contribution in [3.05, 3.63) is 29.6 Å². The summed E-state index contributed by atoms with van der Waals surface area (Å²) in [5.74, 6) is -0.573. The summed E-state index contributed by atoms with van der Waals surface area (Å²) in [5, 5.41) is 0. The average Bonchev–Trinajstić information content (AvgIpc) is 3.12. The Hall–Kier alpha value is -1.10. The summed E-state index contributed by atoms with van der Waals surface area (Å²) < 4.78 is 46.6. The zero-order valence-electron chi connectivity index (χ0n) is 15.3. The topological polar surface area (TPSA) is 79.1 Å². The summed E-state index contributed by atoms with van der Waals surface area (Å²) in [5.41, 5.74) is 6.08. The Bertz CT molecular complexity index is 736. The molecule has 0 aliphatic carbocycles. The van der Waals surface area contributed by atoms with Gasteiger partial charge in [-0.3, -0.25) is 4.90 Å². The molecule has 26 heavy (non-hydrogen) atoms. The lowest BCUT2D eigenvalue weighted by atomic mass is 10.1. The Labute approximate surface area is 154 Å². The Morgan fingerprint density at radius 1 is 1.23 bits per heavy atom. The van der Waals surface area contributed by atoms with Gasteiger partial charge in [-0.25, -0.2) is 12.8 Å². The van der Waals surface area contributed by atoms with E-state index in [0.29, 0.717) is 51.0 Å². The van der Waals surface area contributed by atoms with Crippen molar-refractivity contribution in [2.45, 2.75) is 23.5 Å². The minimum atomic E-state index is -3.76. The number of benzene rings is 1. The Morgan fingerprint density at radius 3 is 2.54 bits per heavy atom. The van der Waals surface area contributed by atoms with Crippen LogP contribution in [0.1, 0.15) is 5.56 Å². The molecule has 0 spiro atoms. The van der Waals surface area contributed by atoms with Gasteiger partial charge in [0.05, 0.1) is 30.2 Å². The highest BCUT2D eigenvalue weighted by atomic mass is 32.2. The maximum Gasteiger partial charge on any atom is 0.243 e. The van der Waals surface area contributed by atoms with Gasteiger partial charge in [0.2, 0.25) is 10.0 Å². The molecule has 7 nitrogen and oxygen atoms in total. The maximum atomic E-state index is 13.6. The van der Waals surface area contributed by atoms with Crippen molar-refractivity contribution in [2.75, 3.05) is 53.5 Å². The van der Waals surface area contributed by atoms with Crippen molar-refractivity contribution in [3.63, 3.8) is 0 Å². The fourth-order valence-electron chi connectivity index (χ4n) is 3.73. The molecular formula is C17H27FN4O3S. The first-order valence-corrected chi connectivity index (χ1v) is 10.3. The number of nitrogens with two attached hydrogens (primary N) is 1. The molecule has 2 saturated heterocycles. The molecule has 3 rings (SSSR count). The number of ether oxygens (including phenoxy) is 1. The SMILES string of the molecule is CN(C)[C@@H]1COC[C@H]1N1CCN(S(=O)(=O)c2cc(F)ccc2CN)CC1. The van der Waals surface area contributed by atoms with E-state index in [1.165, 1.54) is 16.4 Å². The van der Waals surface area contributed by atoms with Crippen molar-refractivity contribution in [1.82, 2.24) is 14.1 Å². The molecule has 0 radical (unpaired) electrons. The van der Waals surface area contributed by atoms with Crippen LogP contribution in [0, 0.1) is 5.82 Å². The minimum Gasteiger partial charge on any atom is -0.378 e. The van der Waals surface area contributed by atoms with E-state index in [2.05, 4.69) is 9.80 Å². The van der Waals surface area contributed by atoms with Crippen molar-refractivity contribution >= 4 is 10.0 Å². The molecule has 146 valence electrons. The van der Waals surface area contributed by atoms with Gasteiger partial charge in [0.15, 0.2) is 0 Å². The normalized spacial score (nSPS) is 25.9. The van der Waals surface area contributed by atoms with E-state index in [1.807, 2.05) is 14.1 Å². The quantitative estimate of drug-likeness (QED) is 0.763. The lowest BCUT2D eigenvalue weighted by Gasteiger charge is -2.40. The molecule has 2 fully saturated rings. The van der Waals surface area contributed by atoms with Crippen molar-refractivity contribution in [3.8, 4) is 0 Å². The van der Waals surface area contributed by atoms with Crippen LogP contribution in [0.15, 0.2) is 23.1 Å². The minimum absolute atomic E-state index is 0.0242. The molecule has 1 aromatic rings. The molecule has 2 aliphatic rings. The van der Waals surface area contributed by atoms with Crippen LogP contribution in [0.4, 0.5) is 4.39 Å². The third kappa shape index (κ3) is 3.78. The summed E-state index contributed by atoms with van der Waals surface area (Å²) in [6.07, 6.45) is 0. The molecule has 0 saturated carbocycles. The van der Waals surface area contributed by atoms with E-state index in [0.717, 1.165) is 6.07 Å². The fraction of sp³-hybridized carbons (Fsp3) is 0.647. The van der Waals surface area contributed by atoms with E-state index in [4.69, 9.17) is 10.5 Å². The summed E-state index contributed by atoms with van der Waals surface area (Å²) in [7, 11) is 0.307. The second kappa shape index (κ2) is 7.87. The molecule has 2 atom stereocenters. The highest BCUT2D eigenvalue weighted by Crippen LogP contribution is 2.24. The lowest BCUT2D eigenvalue weighted by Crippen LogP contribution is -2.56. The van der Waals surface area contributed by atoms with Crippen LogP contribution < -0.4 is 5.73 Å². The zero-order chi connectivity index (χ0) is 18.9. The van der Waals surface area contributed by atoms with Gasteiger partial charge in [0.25, 0.3) is 0 Å². The predicted molar refractivity (Wildman–Crippen MR) is 96.7 cm³/mol. The average molecular weight is 386 g/mol. The van der Waals surface area contributed by atoms with Gasteiger partial charge in [0.1, 0.15) is 5.82 Å². The third-order valence-electron chi connectivity index (χ3n) is 5.29. The maximum absolute atomic E-state index is 13.6. The number of likely N-dealkylation sites (N-methyl/N-ethyl adjacent to an activating group) is 1. The monoisotopic (exact) mass is 386 g/mol. The first-order valence-electron chi connectivity index (χ1n) is 8.81. The van der Waals surface area contributed by atoms with Crippen LogP contribution in [0.5, 0.6) is 0 Å². The highest BCUT2D eigenvalue weighted by Gasteiger charge is 2.38. The van der Waals surface area contributed by atoms with Crippen LogP contribution in [0.3, 0.4) is 0 Å². The van der Waals surface area contributed by atoms with Gasteiger partial charge in [0, 0.05) is 32.7 Å². The van der Waals surface area contributed by atoms with Crippen LogP contribution >= 0.6 is 0 Å².